The van der Waals surface area contributed by atoms with E-state index in [1.807, 2.05) is 24.0 Å². The van der Waals surface area contributed by atoms with E-state index in [1.54, 1.807) is 0 Å². The van der Waals surface area contributed by atoms with Crippen LogP contribution in [-0.4, -0.2) is 43.6 Å². The normalized spacial score (nSPS) is 14.6. The highest BCUT2D eigenvalue weighted by atomic mass is 35.5. The molecule has 1 aliphatic rings. The van der Waals surface area contributed by atoms with Gasteiger partial charge in [-0.2, -0.15) is 0 Å². The quantitative estimate of drug-likeness (QED) is 0.923. The molecule has 0 aliphatic carbocycles. The van der Waals surface area contributed by atoms with Crippen molar-refractivity contribution in [2.24, 2.45) is 0 Å². The minimum absolute atomic E-state index is 0. The molecule has 4 nitrogen and oxygen atoms in total. The summed E-state index contributed by atoms with van der Waals surface area (Å²) in [5.74, 6) is 1.06. The van der Waals surface area contributed by atoms with Crippen molar-refractivity contribution < 1.29 is 9.53 Å². The highest BCUT2D eigenvalue weighted by molar-refractivity contribution is 5.85. The Kier molecular flexibility index (Phi) is 6.82. The third-order valence-electron chi connectivity index (χ3n) is 3.37. The van der Waals surface area contributed by atoms with Crippen molar-refractivity contribution >= 4 is 18.3 Å². The Morgan fingerprint density at radius 2 is 2.00 bits per heavy atom. The molecule has 1 fully saturated rings. The van der Waals surface area contributed by atoms with E-state index in [-0.39, 0.29) is 18.3 Å². The number of ether oxygens (including phenoxy) is 1. The molecule has 20 heavy (non-hydrogen) atoms. The van der Waals surface area contributed by atoms with Crippen molar-refractivity contribution in [2.45, 2.75) is 20.3 Å². The maximum atomic E-state index is 11.9. The van der Waals surface area contributed by atoms with Crippen LogP contribution in [0.2, 0.25) is 0 Å². The fourth-order valence-electron chi connectivity index (χ4n) is 2.28. The molecule has 1 aromatic carbocycles. The molecule has 5 heteroatoms. The molecule has 0 bridgehead atoms. The Hall–Kier alpha value is -1.26. The van der Waals surface area contributed by atoms with Crippen molar-refractivity contribution in [3.8, 4) is 5.75 Å². The summed E-state index contributed by atoms with van der Waals surface area (Å²) < 4.78 is 5.69. The smallest absolute Gasteiger partial charge is 0.226 e. The van der Waals surface area contributed by atoms with E-state index in [1.165, 1.54) is 5.56 Å². The lowest BCUT2D eigenvalue weighted by Crippen LogP contribution is -2.46. The molecule has 0 spiro atoms. The summed E-state index contributed by atoms with van der Waals surface area (Å²) in [5, 5.41) is 3.24. The fourth-order valence-corrected chi connectivity index (χ4v) is 2.28. The molecule has 1 heterocycles. The molecular formula is C15H23ClN2O2. The summed E-state index contributed by atoms with van der Waals surface area (Å²) in [6, 6.07) is 6.09. The second kappa shape index (κ2) is 8.12. The molecule has 1 aromatic rings. The zero-order chi connectivity index (χ0) is 13.7. The SMILES string of the molecule is Cc1ccc(OCCC(=O)N2CCNCC2)c(C)c1.Cl. The number of rotatable bonds is 4. The number of benzene rings is 1. The Morgan fingerprint density at radius 1 is 1.30 bits per heavy atom. The molecule has 1 N–H and O–H groups in total. The highest BCUT2D eigenvalue weighted by Crippen LogP contribution is 2.18. The van der Waals surface area contributed by atoms with Crippen LogP contribution in [0, 0.1) is 13.8 Å². The zero-order valence-electron chi connectivity index (χ0n) is 12.1. The largest absolute Gasteiger partial charge is 0.493 e. The topological polar surface area (TPSA) is 41.6 Å². The van der Waals surface area contributed by atoms with Gasteiger partial charge in [-0.25, -0.2) is 0 Å². The van der Waals surface area contributed by atoms with E-state index in [9.17, 15) is 4.79 Å². The van der Waals surface area contributed by atoms with Crippen LogP contribution in [0.15, 0.2) is 18.2 Å². The third-order valence-corrected chi connectivity index (χ3v) is 3.37. The van der Waals surface area contributed by atoms with Gasteiger partial charge in [0.2, 0.25) is 5.91 Å². The molecule has 2 rings (SSSR count). The van der Waals surface area contributed by atoms with Crippen LogP contribution in [0.5, 0.6) is 5.75 Å². The summed E-state index contributed by atoms with van der Waals surface area (Å²) in [4.78, 5) is 13.9. The van der Waals surface area contributed by atoms with E-state index in [2.05, 4.69) is 18.3 Å². The summed E-state index contributed by atoms with van der Waals surface area (Å²) in [6.45, 7) is 7.94. The number of amides is 1. The first-order chi connectivity index (χ1) is 9.16. The summed E-state index contributed by atoms with van der Waals surface area (Å²) in [5.41, 5.74) is 2.34. The summed E-state index contributed by atoms with van der Waals surface area (Å²) >= 11 is 0. The van der Waals surface area contributed by atoms with Crippen LogP contribution in [0.4, 0.5) is 0 Å². The van der Waals surface area contributed by atoms with Crippen LogP contribution < -0.4 is 10.1 Å². The number of carbonyl (C=O) groups is 1. The maximum absolute atomic E-state index is 11.9. The van der Waals surface area contributed by atoms with Gasteiger partial charge >= 0.3 is 0 Å². The van der Waals surface area contributed by atoms with Gasteiger partial charge in [0.05, 0.1) is 13.0 Å². The first kappa shape index (κ1) is 16.8. The fraction of sp³-hybridized carbons (Fsp3) is 0.533. The van der Waals surface area contributed by atoms with Crippen molar-refractivity contribution in [3.05, 3.63) is 29.3 Å². The van der Waals surface area contributed by atoms with Crippen LogP contribution in [0.1, 0.15) is 17.5 Å². The molecule has 0 radical (unpaired) electrons. The Bertz CT molecular complexity index is 445. The van der Waals surface area contributed by atoms with Crippen molar-refractivity contribution in [1.82, 2.24) is 10.2 Å². The highest BCUT2D eigenvalue weighted by Gasteiger charge is 2.15. The Labute approximate surface area is 126 Å². The van der Waals surface area contributed by atoms with Gasteiger partial charge in [-0.3, -0.25) is 4.79 Å². The Morgan fingerprint density at radius 3 is 2.65 bits per heavy atom. The van der Waals surface area contributed by atoms with E-state index in [4.69, 9.17) is 4.74 Å². The van der Waals surface area contributed by atoms with Gasteiger partial charge in [0, 0.05) is 26.2 Å². The van der Waals surface area contributed by atoms with E-state index in [0.717, 1.165) is 37.5 Å². The second-order valence-corrected chi connectivity index (χ2v) is 5.00. The van der Waals surface area contributed by atoms with Crippen LogP contribution in [0.25, 0.3) is 0 Å². The number of piperazine rings is 1. The molecule has 0 atom stereocenters. The van der Waals surface area contributed by atoms with Crippen LogP contribution in [0.3, 0.4) is 0 Å². The monoisotopic (exact) mass is 298 g/mol. The number of hydrogen-bond acceptors (Lipinski definition) is 3. The lowest BCUT2D eigenvalue weighted by molar-refractivity contribution is -0.132. The molecule has 1 amide bonds. The third kappa shape index (κ3) is 4.69. The minimum Gasteiger partial charge on any atom is -0.493 e. The molecule has 0 saturated carbocycles. The second-order valence-electron chi connectivity index (χ2n) is 5.00. The first-order valence-corrected chi connectivity index (χ1v) is 6.85. The predicted molar refractivity (Wildman–Crippen MR) is 82.7 cm³/mol. The van der Waals surface area contributed by atoms with Gasteiger partial charge < -0.3 is 15.0 Å². The number of halogens is 1. The van der Waals surface area contributed by atoms with Crippen molar-refractivity contribution in [1.29, 1.82) is 0 Å². The number of nitrogens with one attached hydrogen (secondary N) is 1. The number of nitrogens with zero attached hydrogens (tertiary/aromatic N) is 1. The lowest BCUT2D eigenvalue weighted by atomic mass is 10.1. The van der Waals surface area contributed by atoms with Crippen LogP contribution >= 0.6 is 12.4 Å². The van der Waals surface area contributed by atoms with Crippen LogP contribution in [-0.2, 0) is 4.79 Å². The van der Waals surface area contributed by atoms with Crippen molar-refractivity contribution in [3.63, 3.8) is 0 Å². The zero-order valence-corrected chi connectivity index (χ0v) is 13.0. The average molecular weight is 299 g/mol. The van der Waals surface area contributed by atoms with Gasteiger partial charge in [0.1, 0.15) is 5.75 Å². The predicted octanol–water partition coefficient (Wildman–Crippen LogP) is 1.93. The van der Waals surface area contributed by atoms with E-state index in [0.29, 0.717) is 13.0 Å². The maximum Gasteiger partial charge on any atom is 0.226 e. The van der Waals surface area contributed by atoms with Gasteiger partial charge in [-0.05, 0) is 25.5 Å². The first-order valence-electron chi connectivity index (χ1n) is 6.85. The van der Waals surface area contributed by atoms with Crippen molar-refractivity contribution in [2.75, 3.05) is 32.8 Å². The van der Waals surface area contributed by atoms with E-state index >= 15 is 0 Å². The van der Waals surface area contributed by atoms with Gasteiger partial charge in [-0.15, -0.1) is 12.4 Å². The molecule has 1 saturated heterocycles. The number of hydrogen-bond donors (Lipinski definition) is 1. The van der Waals surface area contributed by atoms with E-state index < -0.39 is 0 Å². The standard InChI is InChI=1S/C15H22N2O2.ClH/c1-12-3-4-14(13(2)11-12)19-10-5-15(18)17-8-6-16-7-9-17;/h3-4,11,16H,5-10H2,1-2H3;1H. The number of carbonyl (C=O) groups excluding carboxylic acids is 1. The summed E-state index contributed by atoms with van der Waals surface area (Å²) in [7, 11) is 0. The minimum atomic E-state index is 0. The van der Waals surface area contributed by atoms with Gasteiger partial charge in [0.25, 0.3) is 0 Å². The molecule has 0 aromatic heterocycles. The molecule has 0 unspecified atom stereocenters. The number of aryl methyl sites for hydroxylation is 2. The summed E-state index contributed by atoms with van der Waals surface area (Å²) in [6.07, 6.45) is 0.452. The Balaban J connectivity index is 0.00000200. The van der Waals surface area contributed by atoms with Gasteiger partial charge in [-0.1, -0.05) is 17.7 Å². The van der Waals surface area contributed by atoms with Gasteiger partial charge in [0.15, 0.2) is 0 Å². The molecular weight excluding hydrogens is 276 g/mol. The average Bonchev–Trinajstić information content (AvgIpc) is 2.42. The molecule has 1 aliphatic heterocycles. The molecule has 112 valence electrons. The lowest BCUT2D eigenvalue weighted by Gasteiger charge is -2.27.